The zero-order chi connectivity index (χ0) is 25.8. The minimum absolute atomic E-state index is 0.0398. The molecule has 9 heteroatoms. The number of carbonyl (C=O) groups is 1. The van der Waals surface area contributed by atoms with Crippen molar-refractivity contribution >= 4 is 21.6 Å². The predicted molar refractivity (Wildman–Crippen MR) is 139 cm³/mol. The molecule has 0 spiro atoms. The van der Waals surface area contributed by atoms with Crippen LogP contribution in [0.25, 0.3) is 0 Å². The summed E-state index contributed by atoms with van der Waals surface area (Å²) in [6, 6.07) is 13.2. The van der Waals surface area contributed by atoms with Gasteiger partial charge in [-0.15, -0.1) is 0 Å². The first kappa shape index (κ1) is 28.6. The van der Waals surface area contributed by atoms with Crippen molar-refractivity contribution in [3.8, 4) is 5.75 Å². The number of aliphatic hydroxyl groups excluding tert-OH is 1. The van der Waals surface area contributed by atoms with Crippen LogP contribution < -0.4 is 15.8 Å². The number of aliphatic hydroxyl groups is 1. The van der Waals surface area contributed by atoms with Gasteiger partial charge in [0.05, 0.1) is 18.6 Å². The van der Waals surface area contributed by atoms with Gasteiger partial charge in [0.1, 0.15) is 5.75 Å². The highest BCUT2D eigenvalue weighted by atomic mass is 32.2. The number of aryl methyl sites for hydroxylation is 1. The van der Waals surface area contributed by atoms with Crippen molar-refractivity contribution in [1.29, 1.82) is 0 Å². The molecule has 0 heterocycles. The molecule has 194 valence electrons. The van der Waals surface area contributed by atoms with Crippen LogP contribution in [0.15, 0.2) is 53.4 Å². The summed E-state index contributed by atoms with van der Waals surface area (Å²) >= 11 is 0. The van der Waals surface area contributed by atoms with Crippen LogP contribution in [0.2, 0.25) is 0 Å². The van der Waals surface area contributed by atoms with Crippen molar-refractivity contribution in [2.75, 3.05) is 32.5 Å². The molecule has 35 heavy (non-hydrogen) atoms. The summed E-state index contributed by atoms with van der Waals surface area (Å²) in [5.41, 5.74) is 7.18. The van der Waals surface area contributed by atoms with Gasteiger partial charge in [0.15, 0.2) is 0 Å². The summed E-state index contributed by atoms with van der Waals surface area (Å²) in [6.07, 6.45) is 2.81. The van der Waals surface area contributed by atoms with E-state index in [0.717, 1.165) is 11.3 Å². The van der Waals surface area contributed by atoms with Crippen molar-refractivity contribution in [1.82, 2.24) is 9.62 Å². The number of carbonyl (C=O) groups excluding carboxylic acids is 1. The summed E-state index contributed by atoms with van der Waals surface area (Å²) < 4.78 is 33.3. The van der Waals surface area contributed by atoms with Crippen molar-refractivity contribution in [2.24, 2.45) is 5.92 Å². The number of unbranched alkanes of at least 4 members (excludes halogenated alkanes) is 1. The molecule has 0 aliphatic carbocycles. The number of benzene rings is 2. The number of rotatable bonds is 15. The van der Waals surface area contributed by atoms with Crippen LogP contribution in [0.4, 0.5) is 5.69 Å². The van der Waals surface area contributed by atoms with E-state index in [4.69, 9.17) is 10.5 Å². The highest BCUT2D eigenvalue weighted by Crippen LogP contribution is 2.23. The Morgan fingerprint density at radius 3 is 2.43 bits per heavy atom. The van der Waals surface area contributed by atoms with Gasteiger partial charge in [-0.1, -0.05) is 38.5 Å². The Morgan fingerprint density at radius 1 is 1.11 bits per heavy atom. The third kappa shape index (κ3) is 8.83. The van der Waals surface area contributed by atoms with E-state index in [1.807, 2.05) is 38.1 Å². The van der Waals surface area contributed by atoms with Crippen LogP contribution in [-0.2, 0) is 21.2 Å². The number of anilines is 1. The minimum atomic E-state index is -3.78. The third-order valence-electron chi connectivity index (χ3n) is 5.75. The Hall–Kier alpha value is -2.62. The number of sulfonamides is 1. The number of amides is 1. The molecule has 0 aliphatic heterocycles. The van der Waals surface area contributed by atoms with Crippen molar-refractivity contribution in [2.45, 2.75) is 56.9 Å². The first-order valence-corrected chi connectivity index (χ1v) is 13.5. The third-order valence-corrected chi connectivity index (χ3v) is 7.68. The fourth-order valence-electron chi connectivity index (χ4n) is 3.88. The lowest BCUT2D eigenvalue weighted by Crippen LogP contribution is -2.44. The number of nitrogens with zero attached hydrogens (tertiary/aromatic N) is 1. The smallest absolute Gasteiger partial charge is 0.243 e. The Bertz CT molecular complexity index is 1030. The van der Waals surface area contributed by atoms with E-state index < -0.39 is 16.1 Å². The summed E-state index contributed by atoms with van der Waals surface area (Å²) in [5.74, 6) is 0.826. The summed E-state index contributed by atoms with van der Waals surface area (Å²) in [5, 5.41) is 12.9. The highest BCUT2D eigenvalue weighted by Gasteiger charge is 2.31. The normalized spacial score (nSPS) is 12.6. The predicted octanol–water partition coefficient (Wildman–Crippen LogP) is 3.20. The fourth-order valence-corrected chi connectivity index (χ4v) is 5.69. The number of ether oxygens (including phenoxy) is 1. The molecular formula is C26H39N3O5S. The molecule has 0 saturated carbocycles. The van der Waals surface area contributed by atoms with E-state index in [2.05, 4.69) is 5.32 Å². The lowest BCUT2D eigenvalue weighted by molar-refractivity contribution is -0.121. The van der Waals surface area contributed by atoms with Gasteiger partial charge < -0.3 is 20.9 Å². The maximum absolute atomic E-state index is 13.3. The topological polar surface area (TPSA) is 122 Å². The largest absolute Gasteiger partial charge is 0.496 e. The summed E-state index contributed by atoms with van der Waals surface area (Å²) in [4.78, 5) is 12.4. The van der Waals surface area contributed by atoms with Gasteiger partial charge >= 0.3 is 0 Å². The number of methoxy groups -OCH3 is 1. The molecule has 0 unspecified atom stereocenters. The maximum Gasteiger partial charge on any atom is 0.243 e. The minimum Gasteiger partial charge on any atom is -0.496 e. The Labute approximate surface area is 209 Å². The Kier molecular flexibility index (Phi) is 11.5. The van der Waals surface area contributed by atoms with Gasteiger partial charge in [-0.3, -0.25) is 4.79 Å². The molecule has 1 amide bonds. The van der Waals surface area contributed by atoms with E-state index in [-0.39, 0.29) is 23.3 Å². The zero-order valence-electron chi connectivity index (χ0n) is 20.9. The first-order valence-electron chi connectivity index (χ1n) is 12.1. The lowest BCUT2D eigenvalue weighted by atomic mass is 10.1. The number of hydrogen-bond acceptors (Lipinski definition) is 6. The van der Waals surface area contributed by atoms with Crippen molar-refractivity contribution < 1.29 is 23.1 Å². The maximum atomic E-state index is 13.3. The SMILES string of the molecule is COc1ccccc1CCC(=O)NCCCC[C@@H](CO)N(CC(C)C)S(=O)(=O)c1ccc(N)cc1. The average Bonchev–Trinajstić information content (AvgIpc) is 2.84. The van der Waals surface area contributed by atoms with Gasteiger partial charge in [-0.05, 0) is 61.1 Å². The molecule has 4 N–H and O–H groups in total. The molecule has 0 aliphatic rings. The molecule has 8 nitrogen and oxygen atoms in total. The highest BCUT2D eigenvalue weighted by molar-refractivity contribution is 7.89. The number of nitrogens with one attached hydrogen (secondary N) is 1. The number of hydrogen-bond donors (Lipinski definition) is 3. The molecule has 2 aromatic rings. The second-order valence-electron chi connectivity index (χ2n) is 9.03. The molecule has 0 bridgehead atoms. The Morgan fingerprint density at radius 2 is 1.80 bits per heavy atom. The molecule has 2 rings (SSSR count). The van der Waals surface area contributed by atoms with Crippen LogP contribution in [0.3, 0.4) is 0 Å². The fraction of sp³-hybridized carbons (Fsp3) is 0.500. The van der Waals surface area contributed by atoms with E-state index in [0.29, 0.717) is 50.9 Å². The van der Waals surface area contributed by atoms with Crippen LogP contribution in [0, 0.1) is 5.92 Å². The van der Waals surface area contributed by atoms with Gasteiger partial charge in [0.25, 0.3) is 0 Å². The van der Waals surface area contributed by atoms with Crippen LogP contribution in [0.5, 0.6) is 5.75 Å². The quantitative estimate of drug-likeness (QED) is 0.252. The molecule has 0 saturated heterocycles. The summed E-state index contributed by atoms with van der Waals surface area (Å²) in [7, 11) is -2.17. The lowest BCUT2D eigenvalue weighted by Gasteiger charge is -2.31. The standard InChI is InChI=1S/C26H39N3O5S/c1-20(2)18-29(35(32,33)24-14-12-22(27)13-15-24)23(19-30)9-6-7-17-28-26(31)16-11-21-8-4-5-10-25(21)34-3/h4-5,8,10,12-15,20,23,30H,6-7,9,11,16-19,27H2,1-3H3,(H,28,31)/t23-/m0/s1. The van der Waals surface area contributed by atoms with Gasteiger partial charge in [0.2, 0.25) is 15.9 Å². The summed E-state index contributed by atoms with van der Waals surface area (Å²) in [6.45, 7) is 4.42. The first-order chi connectivity index (χ1) is 16.7. The average molecular weight is 506 g/mol. The molecule has 0 radical (unpaired) electrons. The van der Waals surface area contributed by atoms with Gasteiger partial charge in [-0.2, -0.15) is 4.31 Å². The van der Waals surface area contributed by atoms with Crippen LogP contribution in [0.1, 0.15) is 45.1 Å². The van der Waals surface area contributed by atoms with Gasteiger partial charge in [0, 0.05) is 31.2 Å². The van der Waals surface area contributed by atoms with E-state index in [9.17, 15) is 18.3 Å². The molecule has 1 atom stereocenters. The van der Waals surface area contributed by atoms with Crippen LogP contribution >= 0.6 is 0 Å². The number of para-hydroxylation sites is 1. The van der Waals surface area contributed by atoms with E-state index in [1.165, 1.54) is 16.4 Å². The molecule has 2 aromatic carbocycles. The van der Waals surface area contributed by atoms with Gasteiger partial charge in [-0.25, -0.2) is 8.42 Å². The monoisotopic (exact) mass is 505 g/mol. The Balaban J connectivity index is 1.87. The van der Waals surface area contributed by atoms with Crippen molar-refractivity contribution in [3.63, 3.8) is 0 Å². The zero-order valence-corrected chi connectivity index (χ0v) is 21.8. The van der Waals surface area contributed by atoms with E-state index >= 15 is 0 Å². The second kappa shape index (κ2) is 14.1. The number of nitrogen functional groups attached to an aromatic ring is 1. The molecule has 0 aromatic heterocycles. The molecule has 0 fully saturated rings. The van der Waals surface area contributed by atoms with Crippen molar-refractivity contribution in [3.05, 3.63) is 54.1 Å². The molecular weight excluding hydrogens is 466 g/mol. The van der Waals surface area contributed by atoms with E-state index in [1.54, 1.807) is 19.2 Å². The second-order valence-corrected chi connectivity index (χ2v) is 10.9. The van der Waals surface area contributed by atoms with Crippen LogP contribution in [-0.4, -0.2) is 56.6 Å². The number of nitrogens with two attached hydrogens (primary N) is 1.